The number of thiazole rings is 1. The Morgan fingerprint density at radius 3 is 2.85 bits per heavy atom. The van der Waals surface area contributed by atoms with E-state index in [1.54, 1.807) is 24.3 Å². The van der Waals surface area contributed by atoms with E-state index in [9.17, 15) is 4.79 Å². The number of carbonyl (C=O) groups is 1. The van der Waals surface area contributed by atoms with E-state index in [2.05, 4.69) is 16.4 Å². The number of nitrogen functional groups attached to an aromatic ring is 1. The van der Waals surface area contributed by atoms with E-state index < -0.39 is 0 Å². The lowest BCUT2D eigenvalue weighted by atomic mass is 10.2. The normalized spacial score (nSPS) is 10.7. The van der Waals surface area contributed by atoms with E-state index in [4.69, 9.17) is 5.73 Å². The predicted octanol–water partition coefficient (Wildman–Crippen LogP) is 3.44. The first-order valence-corrected chi connectivity index (χ1v) is 6.98. The van der Waals surface area contributed by atoms with Crippen LogP contribution in [0.15, 0.2) is 42.5 Å². The molecule has 0 aliphatic heterocycles. The number of benzene rings is 2. The van der Waals surface area contributed by atoms with Crippen LogP contribution in [0.5, 0.6) is 0 Å². The molecule has 4 nitrogen and oxygen atoms in total. The van der Waals surface area contributed by atoms with Crippen LogP contribution in [0.2, 0.25) is 0 Å². The van der Waals surface area contributed by atoms with E-state index in [1.165, 1.54) is 16.9 Å². The monoisotopic (exact) mass is 283 g/mol. The molecule has 0 saturated heterocycles. The predicted molar refractivity (Wildman–Crippen MR) is 83.2 cm³/mol. The highest BCUT2D eigenvalue weighted by atomic mass is 32.1. The largest absolute Gasteiger partial charge is 0.398 e. The maximum atomic E-state index is 12.2. The fourth-order valence-electron chi connectivity index (χ4n) is 1.95. The van der Waals surface area contributed by atoms with Crippen molar-refractivity contribution in [1.29, 1.82) is 0 Å². The Bertz CT molecular complexity index is 795. The number of carbonyl (C=O) groups excluding carboxylic acids is 1. The zero-order valence-electron chi connectivity index (χ0n) is 10.9. The molecule has 0 bridgehead atoms. The molecule has 0 saturated carbocycles. The Hall–Kier alpha value is -2.40. The number of aryl methyl sites for hydroxylation is 1. The molecule has 3 rings (SSSR count). The van der Waals surface area contributed by atoms with Crippen LogP contribution < -0.4 is 11.1 Å². The maximum Gasteiger partial charge on any atom is 0.259 e. The molecule has 3 aromatic rings. The molecular weight excluding hydrogens is 270 g/mol. The summed E-state index contributed by atoms with van der Waals surface area (Å²) in [6.45, 7) is 2.03. The molecule has 0 unspecified atom stereocenters. The second-order valence-electron chi connectivity index (χ2n) is 4.53. The van der Waals surface area contributed by atoms with Crippen molar-refractivity contribution in [2.24, 2.45) is 0 Å². The number of para-hydroxylation sites is 1. The maximum absolute atomic E-state index is 12.2. The summed E-state index contributed by atoms with van der Waals surface area (Å²) in [4.78, 5) is 16.5. The number of nitrogens with zero attached hydrogens (tertiary/aromatic N) is 1. The summed E-state index contributed by atoms with van der Waals surface area (Å²) >= 11 is 1.46. The SMILES string of the molecule is Cc1ccc2nc(NC(=O)c3ccccc3N)sc2c1. The Balaban J connectivity index is 1.89. The molecule has 1 heterocycles. The van der Waals surface area contributed by atoms with E-state index in [-0.39, 0.29) is 5.91 Å². The Kier molecular flexibility index (Phi) is 3.12. The number of nitrogens with two attached hydrogens (primary N) is 1. The van der Waals surface area contributed by atoms with Crippen LogP contribution in [-0.2, 0) is 0 Å². The van der Waals surface area contributed by atoms with Gasteiger partial charge in [-0.2, -0.15) is 0 Å². The highest BCUT2D eigenvalue weighted by molar-refractivity contribution is 7.22. The van der Waals surface area contributed by atoms with Gasteiger partial charge in [0, 0.05) is 5.69 Å². The Morgan fingerprint density at radius 2 is 2.05 bits per heavy atom. The van der Waals surface area contributed by atoms with E-state index in [0.717, 1.165) is 10.2 Å². The third-order valence-corrected chi connectivity index (χ3v) is 3.90. The first-order valence-electron chi connectivity index (χ1n) is 6.16. The molecule has 1 aromatic heterocycles. The lowest BCUT2D eigenvalue weighted by molar-refractivity contribution is 0.102. The van der Waals surface area contributed by atoms with Crippen LogP contribution in [0.25, 0.3) is 10.2 Å². The fourth-order valence-corrected chi connectivity index (χ4v) is 2.91. The molecule has 0 atom stereocenters. The molecule has 0 radical (unpaired) electrons. The standard InChI is InChI=1S/C15H13N3OS/c1-9-6-7-12-13(8-9)20-15(17-12)18-14(19)10-4-2-3-5-11(10)16/h2-8H,16H2,1H3,(H,17,18,19). The first-order chi connectivity index (χ1) is 9.63. The fraction of sp³-hybridized carbons (Fsp3) is 0.0667. The number of hydrogen-bond acceptors (Lipinski definition) is 4. The van der Waals surface area contributed by atoms with E-state index in [0.29, 0.717) is 16.4 Å². The summed E-state index contributed by atoms with van der Waals surface area (Å²) in [6.07, 6.45) is 0. The van der Waals surface area contributed by atoms with E-state index in [1.807, 2.05) is 19.1 Å². The molecule has 0 aliphatic rings. The molecule has 2 aromatic carbocycles. The summed E-state index contributed by atoms with van der Waals surface area (Å²) in [5.41, 5.74) is 8.77. The van der Waals surface area contributed by atoms with Gasteiger partial charge < -0.3 is 5.73 Å². The average molecular weight is 283 g/mol. The molecule has 1 amide bonds. The van der Waals surface area contributed by atoms with Crippen molar-refractivity contribution in [3.05, 3.63) is 53.6 Å². The zero-order valence-corrected chi connectivity index (χ0v) is 11.7. The minimum atomic E-state index is -0.237. The van der Waals surface area contributed by atoms with E-state index >= 15 is 0 Å². The van der Waals surface area contributed by atoms with Gasteiger partial charge in [0.2, 0.25) is 0 Å². The van der Waals surface area contributed by atoms with Crippen molar-refractivity contribution < 1.29 is 4.79 Å². The lowest BCUT2D eigenvalue weighted by Gasteiger charge is -2.04. The molecule has 0 fully saturated rings. The van der Waals surface area contributed by atoms with Crippen LogP contribution >= 0.6 is 11.3 Å². The number of rotatable bonds is 2. The van der Waals surface area contributed by atoms with Gasteiger partial charge in [-0.1, -0.05) is 29.5 Å². The quantitative estimate of drug-likeness (QED) is 0.708. The zero-order chi connectivity index (χ0) is 14.1. The second-order valence-corrected chi connectivity index (χ2v) is 5.56. The molecule has 0 spiro atoms. The average Bonchev–Trinajstić information content (AvgIpc) is 2.80. The van der Waals surface area contributed by atoms with Crippen molar-refractivity contribution in [2.45, 2.75) is 6.92 Å². The van der Waals surface area contributed by atoms with Gasteiger partial charge >= 0.3 is 0 Å². The van der Waals surface area contributed by atoms with Gasteiger partial charge in [-0.05, 0) is 36.8 Å². The van der Waals surface area contributed by atoms with Gasteiger partial charge in [0.15, 0.2) is 5.13 Å². The number of aromatic nitrogens is 1. The summed E-state index contributed by atoms with van der Waals surface area (Å²) in [5, 5.41) is 3.38. The number of fused-ring (bicyclic) bond motifs is 1. The minimum absolute atomic E-state index is 0.237. The van der Waals surface area contributed by atoms with Crippen LogP contribution in [0.3, 0.4) is 0 Å². The third kappa shape index (κ3) is 2.35. The topological polar surface area (TPSA) is 68.0 Å². The smallest absolute Gasteiger partial charge is 0.259 e. The van der Waals surface area contributed by atoms with Crippen molar-refractivity contribution in [1.82, 2.24) is 4.98 Å². The Morgan fingerprint density at radius 1 is 1.25 bits per heavy atom. The van der Waals surface area contributed by atoms with Crippen molar-refractivity contribution in [2.75, 3.05) is 11.1 Å². The molecule has 20 heavy (non-hydrogen) atoms. The molecule has 100 valence electrons. The van der Waals surface area contributed by atoms with Crippen molar-refractivity contribution in [3.8, 4) is 0 Å². The highest BCUT2D eigenvalue weighted by Crippen LogP contribution is 2.27. The highest BCUT2D eigenvalue weighted by Gasteiger charge is 2.12. The minimum Gasteiger partial charge on any atom is -0.398 e. The van der Waals surface area contributed by atoms with Crippen LogP contribution in [0, 0.1) is 6.92 Å². The van der Waals surface area contributed by atoms with Crippen LogP contribution in [-0.4, -0.2) is 10.9 Å². The number of nitrogens with one attached hydrogen (secondary N) is 1. The van der Waals surface area contributed by atoms with Gasteiger partial charge in [-0.3, -0.25) is 10.1 Å². The van der Waals surface area contributed by atoms with Crippen molar-refractivity contribution >= 4 is 38.3 Å². The summed E-state index contributed by atoms with van der Waals surface area (Å²) < 4.78 is 1.06. The van der Waals surface area contributed by atoms with Gasteiger partial charge in [0.05, 0.1) is 15.8 Å². The number of anilines is 2. The van der Waals surface area contributed by atoms with Gasteiger partial charge in [-0.25, -0.2) is 4.98 Å². The molecule has 3 N–H and O–H groups in total. The van der Waals surface area contributed by atoms with Crippen LogP contribution in [0.4, 0.5) is 10.8 Å². The first kappa shape index (κ1) is 12.6. The van der Waals surface area contributed by atoms with Crippen LogP contribution in [0.1, 0.15) is 15.9 Å². The van der Waals surface area contributed by atoms with Gasteiger partial charge in [-0.15, -0.1) is 0 Å². The lowest BCUT2D eigenvalue weighted by Crippen LogP contribution is -2.13. The van der Waals surface area contributed by atoms with Gasteiger partial charge in [0.25, 0.3) is 5.91 Å². The molecule has 0 aliphatic carbocycles. The second kappa shape index (κ2) is 4.94. The third-order valence-electron chi connectivity index (χ3n) is 2.97. The molecular formula is C15H13N3OS. The summed E-state index contributed by atoms with van der Waals surface area (Å²) in [6, 6.07) is 13.0. The number of hydrogen-bond donors (Lipinski definition) is 2. The van der Waals surface area contributed by atoms with Crippen molar-refractivity contribution in [3.63, 3.8) is 0 Å². The summed E-state index contributed by atoms with van der Waals surface area (Å²) in [5.74, 6) is -0.237. The Labute approximate surface area is 120 Å². The summed E-state index contributed by atoms with van der Waals surface area (Å²) in [7, 11) is 0. The van der Waals surface area contributed by atoms with Gasteiger partial charge in [0.1, 0.15) is 0 Å². The number of amides is 1. The molecule has 5 heteroatoms.